The summed E-state index contributed by atoms with van der Waals surface area (Å²) in [5, 5.41) is 4.46. The molecule has 9 heteroatoms. The summed E-state index contributed by atoms with van der Waals surface area (Å²) in [6.45, 7) is 8.63. The highest BCUT2D eigenvalue weighted by Gasteiger charge is 2.35. The highest BCUT2D eigenvalue weighted by Crippen LogP contribution is 2.26. The Kier molecular flexibility index (Phi) is 5.29. The third kappa shape index (κ3) is 3.42. The van der Waals surface area contributed by atoms with Gasteiger partial charge in [-0.3, -0.25) is 14.4 Å². The summed E-state index contributed by atoms with van der Waals surface area (Å²) >= 11 is 0. The Balaban J connectivity index is 2.21. The van der Waals surface area contributed by atoms with Gasteiger partial charge in [0.15, 0.2) is 0 Å². The van der Waals surface area contributed by atoms with Crippen molar-refractivity contribution >= 4 is 17.5 Å². The Bertz CT molecular complexity index is 983. The van der Waals surface area contributed by atoms with E-state index in [-0.39, 0.29) is 42.3 Å². The highest BCUT2D eigenvalue weighted by atomic mass is 16.5. The minimum absolute atomic E-state index is 0.167. The Labute approximate surface area is 162 Å². The van der Waals surface area contributed by atoms with Crippen molar-refractivity contribution in [2.75, 3.05) is 26.9 Å². The molecule has 28 heavy (non-hydrogen) atoms. The van der Waals surface area contributed by atoms with E-state index in [0.717, 1.165) is 0 Å². The third-order valence-electron chi connectivity index (χ3n) is 4.74. The summed E-state index contributed by atoms with van der Waals surface area (Å²) in [5.74, 6) is -0.772. The number of hydrogen-bond acceptors (Lipinski definition) is 6. The molecule has 0 bridgehead atoms. The van der Waals surface area contributed by atoms with Crippen molar-refractivity contribution in [1.82, 2.24) is 19.1 Å². The molecule has 0 saturated carbocycles. The summed E-state index contributed by atoms with van der Waals surface area (Å²) in [6, 6.07) is 1.76. The van der Waals surface area contributed by atoms with Crippen LogP contribution in [0.2, 0.25) is 0 Å². The lowest BCUT2D eigenvalue weighted by atomic mass is 9.93. The van der Waals surface area contributed by atoms with Crippen molar-refractivity contribution in [3.8, 4) is 0 Å². The van der Waals surface area contributed by atoms with Crippen LogP contribution in [0.3, 0.4) is 0 Å². The molecule has 1 amide bonds. The molecule has 0 fully saturated rings. The van der Waals surface area contributed by atoms with E-state index in [1.54, 1.807) is 29.6 Å². The molecule has 0 aromatic carbocycles. The van der Waals surface area contributed by atoms with E-state index in [4.69, 9.17) is 9.47 Å². The molecule has 0 aliphatic carbocycles. The maximum absolute atomic E-state index is 13.1. The highest BCUT2D eigenvalue weighted by molar-refractivity contribution is 5.97. The molecule has 3 rings (SSSR count). The zero-order chi connectivity index (χ0) is 20.6. The second kappa shape index (κ2) is 7.38. The first-order valence-corrected chi connectivity index (χ1v) is 9.28. The smallest absolute Gasteiger partial charge is 0.326 e. The monoisotopic (exact) mass is 390 g/mol. The zero-order valence-corrected chi connectivity index (χ0v) is 16.9. The number of fused-ring (bicyclic) bond motifs is 2. The number of carbonyl (C=O) groups excluding carboxylic acids is 2. The van der Waals surface area contributed by atoms with Crippen molar-refractivity contribution in [2.45, 2.75) is 46.2 Å². The number of hydrogen-bond donors (Lipinski definition) is 0. The fourth-order valence-corrected chi connectivity index (χ4v) is 3.26. The predicted octanol–water partition coefficient (Wildman–Crippen LogP) is 0.959. The molecule has 0 N–H and O–H groups in total. The lowest BCUT2D eigenvalue weighted by Gasteiger charge is -2.15. The van der Waals surface area contributed by atoms with Crippen LogP contribution >= 0.6 is 0 Å². The van der Waals surface area contributed by atoms with Gasteiger partial charge in [-0.15, -0.1) is 0 Å². The number of nitrogens with zero attached hydrogens (tertiary/aromatic N) is 4. The van der Waals surface area contributed by atoms with Gasteiger partial charge in [0.1, 0.15) is 17.9 Å². The molecule has 3 heterocycles. The molecule has 1 aliphatic rings. The van der Waals surface area contributed by atoms with E-state index in [2.05, 4.69) is 5.10 Å². The second-order valence-corrected chi connectivity index (χ2v) is 7.79. The van der Waals surface area contributed by atoms with E-state index in [9.17, 15) is 14.4 Å². The topological polar surface area (TPSA) is 95.1 Å². The van der Waals surface area contributed by atoms with Crippen LogP contribution in [0.4, 0.5) is 0 Å². The van der Waals surface area contributed by atoms with Crippen LogP contribution in [0.25, 0.3) is 5.65 Å². The lowest BCUT2D eigenvalue weighted by molar-refractivity contribution is -0.143. The first-order valence-electron chi connectivity index (χ1n) is 9.28. The minimum Gasteiger partial charge on any atom is -0.465 e. The number of methoxy groups -OCH3 is 1. The van der Waals surface area contributed by atoms with Gasteiger partial charge in [0.05, 0.1) is 31.0 Å². The summed E-state index contributed by atoms with van der Waals surface area (Å²) in [5.41, 5.74) is 1.04. The van der Waals surface area contributed by atoms with E-state index >= 15 is 0 Å². The summed E-state index contributed by atoms with van der Waals surface area (Å²) in [6.07, 6.45) is 0. The van der Waals surface area contributed by atoms with Crippen molar-refractivity contribution in [3.05, 3.63) is 33.4 Å². The fourth-order valence-electron chi connectivity index (χ4n) is 3.26. The molecule has 0 radical (unpaired) electrons. The van der Waals surface area contributed by atoms with Crippen LogP contribution < -0.4 is 5.56 Å². The van der Waals surface area contributed by atoms with Crippen LogP contribution in [0.5, 0.6) is 0 Å². The van der Waals surface area contributed by atoms with Crippen LogP contribution in [0.1, 0.15) is 49.4 Å². The number of carbonyl (C=O) groups is 2. The van der Waals surface area contributed by atoms with E-state index in [1.807, 2.05) is 20.8 Å². The normalized spacial score (nSPS) is 14.0. The Hall–Kier alpha value is -2.68. The molecule has 1 aliphatic heterocycles. The van der Waals surface area contributed by atoms with E-state index in [1.165, 1.54) is 4.52 Å². The van der Waals surface area contributed by atoms with Crippen molar-refractivity contribution < 1.29 is 19.1 Å². The van der Waals surface area contributed by atoms with Gasteiger partial charge in [-0.1, -0.05) is 20.8 Å². The van der Waals surface area contributed by atoms with Crippen LogP contribution in [-0.2, 0) is 32.8 Å². The van der Waals surface area contributed by atoms with Crippen molar-refractivity contribution in [2.24, 2.45) is 0 Å². The maximum atomic E-state index is 13.1. The van der Waals surface area contributed by atoms with Gasteiger partial charge >= 0.3 is 5.97 Å². The molecular weight excluding hydrogens is 364 g/mol. The van der Waals surface area contributed by atoms with Gasteiger partial charge in [0, 0.05) is 25.1 Å². The average Bonchev–Trinajstić information content (AvgIpc) is 3.20. The second-order valence-electron chi connectivity index (χ2n) is 7.79. The molecule has 2 aromatic heterocycles. The lowest BCUT2D eigenvalue weighted by Crippen LogP contribution is -2.30. The van der Waals surface area contributed by atoms with Crippen molar-refractivity contribution in [3.63, 3.8) is 0 Å². The largest absolute Gasteiger partial charge is 0.465 e. The summed E-state index contributed by atoms with van der Waals surface area (Å²) in [7, 11) is 1.55. The van der Waals surface area contributed by atoms with E-state index < -0.39 is 5.97 Å². The van der Waals surface area contributed by atoms with Crippen LogP contribution in [0.15, 0.2) is 10.9 Å². The van der Waals surface area contributed by atoms with Crippen LogP contribution in [0, 0.1) is 0 Å². The maximum Gasteiger partial charge on any atom is 0.326 e. The number of amides is 1. The molecule has 0 atom stereocenters. The third-order valence-corrected chi connectivity index (χ3v) is 4.74. The Morgan fingerprint density at radius 1 is 1.29 bits per heavy atom. The standard InChI is InChI=1S/C19H26N4O5/c1-6-28-15(24)11-22-14-9-13(19(2,3)4)20-23(14)17(25)12-10-21(7-8-27-5)18(26)16(12)22/h9H,6-8,10-11H2,1-5H3. The molecule has 0 unspecified atom stereocenters. The molecular formula is C19H26N4O5. The fraction of sp³-hybridized carbons (Fsp3) is 0.579. The first-order chi connectivity index (χ1) is 13.2. The molecule has 9 nitrogen and oxygen atoms in total. The van der Waals surface area contributed by atoms with Gasteiger partial charge in [0.25, 0.3) is 11.5 Å². The molecule has 2 aromatic rings. The number of rotatable bonds is 6. The Morgan fingerprint density at radius 3 is 2.61 bits per heavy atom. The van der Waals surface area contributed by atoms with Gasteiger partial charge in [-0.05, 0) is 6.92 Å². The molecule has 152 valence electrons. The summed E-state index contributed by atoms with van der Waals surface area (Å²) in [4.78, 5) is 39.8. The van der Waals surface area contributed by atoms with Crippen molar-refractivity contribution in [1.29, 1.82) is 0 Å². The Morgan fingerprint density at radius 2 is 2.00 bits per heavy atom. The average molecular weight is 390 g/mol. The number of esters is 1. The van der Waals surface area contributed by atoms with Crippen LogP contribution in [-0.4, -0.2) is 57.8 Å². The van der Waals surface area contributed by atoms with Gasteiger partial charge < -0.3 is 18.9 Å². The van der Waals surface area contributed by atoms with Gasteiger partial charge in [-0.2, -0.15) is 9.61 Å². The zero-order valence-electron chi connectivity index (χ0n) is 16.9. The predicted molar refractivity (Wildman–Crippen MR) is 101 cm³/mol. The first kappa shape index (κ1) is 20.1. The number of ether oxygens (including phenoxy) is 2. The quantitative estimate of drug-likeness (QED) is 0.682. The van der Waals surface area contributed by atoms with E-state index in [0.29, 0.717) is 30.1 Å². The molecule has 0 spiro atoms. The van der Waals surface area contributed by atoms with Gasteiger partial charge in [-0.25, -0.2) is 0 Å². The minimum atomic E-state index is -0.475. The van der Waals surface area contributed by atoms with Gasteiger partial charge in [0.2, 0.25) is 0 Å². The molecule has 0 saturated heterocycles. The summed E-state index contributed by atoms with van der Waals surface area (Å²) < 4.78 is 13.0. The SMILES string of the molecule is CCOC(=O)Cn1c2c(c(=O)n3nc(C(C)(C)C)cc13)CN(CCOC)C2=O. The number of aromatic nitrogens is 3.